The predicted molar refractivity (Wildman–Crippen MR) is 200 cm³/mol. The van der Waals surface area contributed by atoms with Crippen molar-refractivity contribution >= 4 is 0 Å². The molecule has 0 saturated carbocycles. The van der Waals surface area contributed by atoms with Gasteiger partial charge in [0.2, 0.25) is 0 Å². The molecule has 3 heteroatoms. The topological polar surface area (TPSA) is 27.7 Å². The summed E-state index contributed by atoms with van der Waals surface area (Å²) >= 11 is 0. The van der Waals surface area contributed by atoms with E-state index in [1.54, 1.807) is 0 Å². The van der Waals surface area contributed by atoms with Crippen molar-refractivity contribution in [1.82, 2.24) is 0 Å². The SMILES string of the molecule is CCCCCCCCCCCCCC1(c2ccccc2)OOOC(c2ccccc2)(c2ccccc2)C1(c1ccccc1)c1ccccc1. The second-order valence-corrected chi connectivity index (χ2v) is 13.6. The number of benzene rings is 5. The Bertz CT molecular complexity index is 1560. The lowest BCUT2D eigenvalue weighted by molar-refractivity contribution is -0.621. The molecule has 5 aromatic carbocycles. The number of rotatable bonds is 17. The molecule has 1 fully saturated rings. The van der Waals surface area contributed by atoms with E-state index >= 15 is 0 Å². The summed E-state index contributed by atoms with van der Waals surface area (Å²) < 4.78 is 0. The molecule has 0 amide bonds. The molecule has 0 bridgehead atoms. The van der Waals surface area contributed by atoms with Crippen molar-refractivity contribution in [3.63, 3.8) is 0 Å². The van der Waals surface area contributed by atoms with E-state index in [4.69, 9.17) is 14.8 Å². The quantitative estimate of drug-likeness (QED) is 0.0739. The normalized spacial score (nSPS) is 18.2. The minimum Gasteiger partial charge on any atom is -0.193 e. The van der Waals surface area contributed by atoms with Crippen LogP contribution < -0.4 is 0 Å². The Balaban J connectivity index is 1.51. The van der Waals surface area contributed by atoms with Gasteiger partial charge < -0.3 is 0 Å². The van der Waals surface area contributed by atoms with E-state index in [0.29, 0.717) is 0 Å². The van der Waals surface area contributed by atoms with Crippen LogP contribution in [0.4, 0.5) is 0 Å². The summed E-state index contributed by atoms with van der Waals surface area (Å²) in [5, 5.41) is 6.11. The fourth-order valence-electron chi connectivity index (χ4n) is 8.38. The Morgan fingerprint density at radius 2 is 0.714 bits per heavy atom. The summed E-state index contributed by atoms with van der Waals surface area (Å²) in [5.74, 6) is 0. The zero-order valence-electron chi connectivity index (χ0n) is 29.1. The van der Waals surface area contributed by atoms with E-state index in [1.165, 1.54) is 57.8 Å². The molecule has 5 aromatic rings. The summed E-state index contributed by atoms with van der Waals surface area (Å²) in [4.78, 5) is 13.7. The van der Waals surface area contributed by atoms with Crippen LogP contribution in [0.5, 0.6) is 0 Å². The Morgan fingerprint density at radius 1 is 0.367 bits per heavy atom. The molecule has 1 heterocycles. The van der Waals surface area contributed by atoms with Crippen molar-refractivity contribution in [1.29, 1.82) is 0 Å². The first kappa shape index (κ1) is 34.8. The lowest BCUT2D eigenvalue weighted by Gasteiger charge is -2.61. The zero-order valence-corrected chi connectivity index (χ0v) is 29.1. The summed E-state index contributed by atoms with van der Waals surface area (Å²) in [6.07, 6.45) is 14.8. The van der Waals surface area contributed by atoms with Gasteiger partial charge in [-0.15, -0.1) is 0 Å². The Morgan fingerprint density at radius 3 is 1.12 bits per heavy atom. The first-order valence-electron chi connectivity index (χ1n) is 18.6. The van der Waals surface area contributed by atoms with Crippen molar-refractivity contribution < 1.29 is 14.8 Å². The van der Waals surface area contributed by atoms with Gasteiger partial charge in [0.15, 0.2) is 5.60 Å². The maximum Gasteiger partial charge on any atom is 0.173 e. The third kappa shape index (κ3) is 6.90. The molecule has 1 aliphatic heterocycles. The van der Waals surface area contributed by atoms with Crippen molar-refractivity contribution in [2.45, 2.75) is 101 Å². The Labute approximate surface area is 294 Å². The largest absolute Gasteiger partial charge is 0.193 e. The molecule has 6 rings (SSSR count). The fraction of sp³-hybridized carbons (Fsp3) is 0.348. The maximum atomic E-state index is 6.84. The maximum absolute atomic E-state index is 6.84. The van der Waals surface area contributed by atoms with Gasteiger partial charge in [-0.1, -0.05) is 234 Å². The number of hydrogen-bond acceptors (Lipinski definition) is 3. The highest BCUT2D eigenvalue weighted by atomic mass is 17.5. The Hall–Kier alpha value is -4.02. The van der Waals surface area contributed by atoms with Crippen LogP contribution in [0.15, 0.2) is 152 Å². The van der Waals surface area contributed by atoms with Gasteiger partial charge >= 0.3 is 0 Å². The smallest absolute Gasteiger partial charge is 0.173 e. The second kappa shape index (κ2) is 17.1. The highest BCUT2D eigenvalue weighted by Gasteiger charge is 2.72. The average molecular weight is 653 g/mol. The molecule has 0 N–H and O–H groups in total. The van der Waals surface area contributed by atoms with E-state index in [9.17, 15) is 0 Å². The van der Waals surface area contributed by atoms with Crippen LogP contribution in [0.3, 0.4) is 0 Å². The van der Waals surface area contributed by atoms with Gasteiger partial charge in [0.25, 0.3) is 0 Å². The summed E-state index contributed by atoms with van der Waals surface area (Å²) in [6.45, 7) is 2.28. The lowest BCUT2D eigenvalue weighted by atomic mass is 9.48. The molecule has 0 aromatic heterocycles. The molecule has 0 radical (unpaired) electrons. The fourth-order valence-corrected chi connectivity index (χ4v) is 8.38. The first-order chi connectivity index (χ1) is 24.3. The van der Waals surface area contributed by atoms with E-state index in [1.807, 2.05) is 0 Å². The molecule has 49 heavy (non-hydrogen) atoms. The van der Waals surface area contributed by atoms with Crippen molar-refractivity contribution in [3.8, 4) is 0 Å². The van der Waals surface area contributed by atoms with E-state index in [0.717, 1.165) is 47.1 Å². The van der Waals surface area contributed by atoms with Crippen molar-refractivity contribution in [3.05, 3.63) is 179 Å². The van der Waals surface area contributed by atoms with Gasteiger partial charge in [-0.3, -0.25) is 0 Å². The minimum absolute atomic E-state index is 0.739. The molecule has 3 nitrogen and oxygen atoms in total. The van der Waals surface area contributed by atoms with Crippen molar-refractivity contribution in [2.24, 2.45) is 0 Å². The monoisotopic (exact) mass is 652 g/mol. The van der Waals surface area contributed by atoms with Crippen LogP contribution in [-0.4, -0.2) is 0 Å². The van der Waals surface area contributed by atoms with Gasteiger partial charge in [0.1, 0.15) is 5.60 Å². The molecule has 254 valence electrons. The third-order valence-corrected chi connectivity index (χ3v) is 10.6. The molecule has 0 spiro atoms. The van der Waals surface area contributed by atoms with E-state index < -0.39 is 16.6 Å². The molecule has 1 unspecified atom stereocenters. The van der Waals surface area contributed by atoms with Gasteiger partial charge in [-0.25, -0.2) is 0 Å². The van der Waals surface area contributed by atoms with Crippen LogP contribution in [0.2, 0.25) is 0 Å². The predicted octanol–water partition coefficient (Wildman–Crippen LogP) is 12.4. The average Bonchev–Trinajstić information content (AvgIpc) is 3.18. The van der Waals surface area contributed by atoms with Crippen LogP contribution >= 0.6 is 0 Å². The Kier molecular flexibility index (Phi) is 12.1. The minimum atomic E-state index is -1.13. The summed E-state index contributed by atoms with van der Waals surface area (Å²) in [7, 11) is 0. The highest BCUT2D eigenvalue weighted by Crippen LogP contribution is 2.66. The van der Waals surface area contributed by atoms with Gasteiger partial charge in [-0.05, 0) is 34.2 Å². The third-order valence-electron chi connectivity index (χ3n) is 10.6. The lowest BCUT2D eigenvalue weighted by Crippen LogP contribution is -2.67. The van der Waals surface area contributed by atoms with E-state index in [-0.39, 0.29) is 0 Å². The molecular weight excluding hydrogens is 601 g/mol. The molecule has 0 aliphatic carbocycles. The highest BCUT2D eigenvalue weighted by molar-refractivity contribution is 5.58. The van der Waals surface area contributed by atoms with Gasteiger partial charge in [0.05, 0.1) is 5.41 Å². The number of unbranched alkanes of at least 4 members (excludes halogenated alkanes) is 10. The molecular formula is C46H52O3. The zero-order chi connectivity index (χ0) is 33.7. The van der Waals surface area contributed by atoms with Crippen LogP contribution in [-0.2, 0) is 31.4 Å². The van der Waals surface area contributed by atoms with Gasteiger partial charge in [0, 0.05) is 0 Å². The number of hydrogen-bond donors (Lipinski definition) is 0. The first-order valence-corrected chi connectivity index (χ1v) is 18.6. The van der Waals surface area contributed by atoms with Gasteiger partial charge in [-0.2, -0.15) is 9.78 Å². The molecule has 1 saturated heterocycles. The van der Waals surface area contributed by atoms with Crippen molar-refractivity contribution in [2.75, 3.05) is 0 Å². The summed E-state index contributed by atoms with van der Waals surface area (Å²) in [5.41, 5.74) is 2.23. The van der Waals surface area contributed by atoms with E-state index in [2.05, 4.69) is 159 Å². The van der Waals surface area contributed by atoms with Crippen LogP contribution in [0.1, 0.15) is 112 Å². The van der Waals surface area contributed by atoms with Crippen LogP contribution in [0, 0.1) is 0 Å². The van der Waals surface area contributed by atoms with Crippen LogP contribution in [0.25, 0.3) is 0 Å². The molecule has 1 aliphatic rings. The second-order valence-electron chi connectivity index (χ2n) is 13.6. The summed E-state index contributed by atoms with van der Waals surface area (Å²) in [6, 6.07) is 53.5. The molecule has 1 atom stereocenters. The standard InChI is InChI=1S/C46H52O3/c1-2-3-4-5-6-7-8-9-10-11-27-38-44(39-28-17-12-18-29-39)45(40-30-19-13-20-31-40,41-32-21-14-22-33-41)46(48-49-47-44,42-34-23-15-24-35-42)43-36-25-16-26-37-43/h12-26,28-37H,2-11,27,38H2,1H3.